The van der Waals surface area contributed by atoms with E-state index in [0.717, 1.165) is 12.8 Å². The van der Waals surface area contributed by atoms with Crippen molar-refractivity contribution in [1.29, 1.82) is 0 Å². The third-order valence-electron chi connectivity index (χ3n) is 6.21. The van der Waals surface area contributed by atoms with Crippen LogP contribution in [0.3, 0.4) is 0 Å². The van der Waals surface area contributed by atoms with E-state index in [1.807, 2.05) is 0 Å². The summed E-state index contributed by atoms with van der Waals surface area (Å²) in [5.41, 5.74) is 7.33. The Labute approximate surface area is 162 Å². The molecule has 0 spiro atoms. The van der Waals surface area contributed by atoms with Crippen molar-refractivity contribution in [2.24, 2.45) is 0 Å². The summed E-state index contributed by atoms with van der Waals surface area (Å²) in [4.78, 5) is 0. The monoisotopic (exact) mass is 349 g/mol. The number of rotatable bonds is 5. The first kappa shape index (κ1) is 20.7. The van der Waals surface area contributed by atoms with Crippen LogP contribution in [0.4, 0.5) is 0 Å². The Bertz CT molecular complexity index is 702. The van der Waals surface area contributed by atoms with E-state index in [1.54, 1.807) is 0 Å². The van der Waals surface area contributed by atoms with Gasteiger partial charge < -0.3 is 0 Å². The van der Waals surface area contributed by atoms with Gasteiger partial charge in [0.25, 0.3) is 0 Å². The van der Waals surface area contributed by atoms with Crippen LogP contribution in [-0.4, -0.2) is 0 Å². The lowest BCUT2D eigenvalue weighted by Gasteiger charge is -2.33. The molecule has 0 aliphatic rings. The van der Waals surface area contributed by atoms with Gasteiger partial charge >= 0.3 is 0 Å². The quantitative estimate of drug-likeness (QED) is 0.516. The normalized spacial score (nSPS) is 13.1. The Morgan fingerprint density at radius 3 is 1.73 bits per heavy atom. The van der Waals surface area contributed by atoms with Crippen LogP contribution >= 0.6 is 0 Å². The Kier molecular flexibility index (Phi) is 5.76. The third kappa shape index (κ3) is 4.05. The van der Waals surface area contributed by atoms with Crippen molar-refractivity contribution in [2.75, 3.05) is 0 Å². The van der Waals surface area contributed by atoms with Crippen LogP contribution < -0.4 is 0 Å². The molecule has 0 amide bonds. The van der Waals surface area contributed by atoms with E-state index >= 15 is 0 Å². The molecule has 141 valence electrons. The highest BCUT2D eigenvalue weighted by Crippen LogP contribution is 2.42. The molecule has 26 heavy (non-hydrogen) atoms. The average molecular weight is 350 g/mol. The maximum Gasteiger partial charge on any atom is -0.00938 e. The van der Waals surface area contributed by atoms with E-state index in [9.17, 15) is 0 Å². The van der Waals surface area contributed by atoms with Gasteiger partial charge in [0.1, 0.15) is 0 Å². The summed E-state index contributed by atoms with van der Waals surface area (Å²) in [5, 5.41) is 0. The summed E-state index contributed by atoms with van der Waals surface area (Å²) >= 11 is 0. The average Bonchev–Trinajstić information content (AvgIpc) is 2.60. The van der Waals surface area contributed by atoms with Crippen LogP contribution in [0.15, 0.2) is 36.4 Å². The van der Waals surface area contributed by atoms with E-state index < -0.39 is 0 Å². The fourth-order valence-corrected chi connectivity index (χ4v) is 3.40. The van der Waals surface area contributed by atoms with Gasteiger partial charge in [0.2, 0.25) is 0 Å². The first-order chi connectivity index (χ1) is 11.9. The molecular weight excluding hydrogens is 312 g/mol. The Morgan fingerprint density at radius 1 is 0.731 bits per heavy atom. The van der Waals surface area contributed by atoms with Crippen molar-refractivity contribution in [3.63, 3.8) is 0 Å². The van der Waals surface area contributed by atoms with E-state index in [4.69, 9.17) is 0 Å². The van der Waals surface area contributed by atoms with Crippen LogP contribution in [0.25, 0.3) is 11.1 Å². The van der Waals surface area contributed by atoms with E-state index in [0.29, 0.717) is 0 Å². The van der Waals surface area contributed by atoms with Crippen LogP contribution in [0, 0.1) is 6.07 Å². The zero-order chi connectivity index (χ0) is 19.8. The molecule has 0 atom stereocenters. The molecule has 0 N–H and O–H groups in total. The Morgan fingerprint density at radius 2 is 1.27 bits per heavy atom. The first-order valence-electron chi connectivity index (χ1n) is 10.1. The number of benzene rings is 2. The molecule has 1 radical (unpaired) electrons. The van der Waals surface area contributed by atoms with Gasteiger partial charge in [-0.1, -0.05) is 98.7 Å². The fraction of sp³-hybridized carbons (Fsp3) is 0.538. The van der Waals surface area contributed by atoms with Crippen LogP contribution in [0.1, 0.15) is 91.8 Å². The molecule has 0 aliphatic carbocycles. The minimum atomic E-state index is 0.109. The summed E-state index contributed by atoms with van der Waals surface area (Å²) in [6, 6.07) is 17.2. The van der Waals surface area contributed by atoms with Gasteiger partial charge in [-0.3, -0.25) is 0 Å². The third-order valence-corrected chi connectivity index (χ3v) is 6.21. The molecule has 2 rings (SSSR count). The van der Waals surface area contributed by atoms with Crippen molar-refractivity contribution in [2.45, 2.75) is 91.4 Å². The second kappa shape index (κ2) is 7.22. The molecule has 0 fully saturated rings. The summed E-state index contributed by atoms with van der Waals surface area (Å²) in [7, 11) is 0. The molecular formula is C26H37. The maximum absolute atomic E-state index is 3.61. The molecule has 0 nitrogen and oxygen atoms in total. The lowest BCUT2D eigenvalue weighted by Crippen LogP contribution is -2.22. The van der Waals surface area contributed by atoms with Crippen molar-refractivity contribution in [3.05, 3.63) is 59.2 Å². The van der Waals surface area contributed by atoms with Gasteiger partial charge in [0, 0.05) is 0 Å². The molecule has 0 heteroatoms. The van der Waals surface area contributed by atoms with Gasteiger partial charge in [-0.05, 0) is 63.0 Å². The highest BCUT2D eigenvalue weighted by molar-refractivity contribution is 5.74. The van der Waals surface area contributed by atoms with Gasteiger partial charge in [-0.25, -0.2) is 0 Å². The molecule has 0 unspecified atom stereocenters. The summed E-state index contributed by atoms with van der Waals surface area (Å²) < 4.78 is 0. The summed E-state index contributed by atoms with van der Waals surface area (Å²) in [6.07, 6.45) is 2.22. The lowest BCUT2D eigenvalue weighted by molar-refractivity contribution is 0.491. The SMILES string of the molecule is CCC(C)(C)c1[c]ccc(C(C)(C)CC)c1-c1ccc(C(C)(C)C)cc1. The van der Waals surface area contributed by atoms with Crippen LogP contribution in [0.2, 0.25) is 0 Å². The van der Waals surface area contributed by atoms with Crippen molar-refractivity contribution in [1.82, 2.24) is 0 Å². The van der Waals surface area contributed by atoms with Crippen LogP contribution in [-0.2, 0) is 16.2 Å². The van der Waals surface area contributed by atoms with Crippen LogP contribution in [0.5, 0.6) is 0 Å². The van der Waals surface area contributed by atoms with Crippen molar-refractivity contribution < 1.29 is 0 Å². The second-order valence-corrected chi connectivity index (χ2v) is 9.94. The molecule has 0 bridgehead atoms. The fourth-order valence-electron chi connectivity index (χ4n) is 3.40. The second-order valence-electron chi connectivity index (χ2n) is 9.94. The van der Waals surface area contributed by atoms with Gasteiger partial charge in [0.05, 0.1) is 0 Å². The smallest absolute Gasteiger partial charge is 0.00938 e. The van der Waals surface area contributed by atoms with Gasteiger partial charge in [-0.2, -0.15) is 0 Å². The van der Waals surface area contributed by atoms with E-state index in [2.05, 4.69) is 105 Å². The largest absolute Gasteiger partial charge is 0.0646 e. The summed E-state index contributed by atoms with van der Waals surface area (Å²) in [5.74, 6) is 0. The Balaban J connectivity index is 2.76. The van der Waals surface area contributed by atoms with E-state index in [1.165, 1.54) is 27.8 Å². The summed E-state index contributed by atoms with van der Waals surface area (Å²) in [6.45, 7) is 20.8. The zero-order valence-electron chi connectivity index (χ0n) is 18.4. The zero-order valence-corrected chi connectivity index (χ0v) is 18.4. The first-order valence-corrected chi connectivity index (χ1v) is 10.1. The molecule has 0 heterocycles. The molecule has 0 aliphatic heterocycles. The predicted molar refractivity (Wildman–Crippen MR) is 116 cm³/mol. The molecule has 2 aromatic rings. The van der Waals surface area contributed by atoms with Crippen molar-refractivity contribution >= 4 is 0 Å². The molecule has 0 saturated heterocycles. The predicted octanol–water partition coefficient (Wildman–Crippen LogP) is 7.83. The maximum atomic E-state index is 3.61. The standard InChI is InChI=1S/C26H37/c1-10-25(6,7)21-13-12-14-22(26(8,9)11-2)23(21)19-15-17-20(18-16-19)24(3,4)5/h12-13,15-18H,10-11H2,1-9H3. The van der Waals surface area contributed by atoms with Gasteiger partial charge in [0.15, 0.2) is 0 Å². The minimum Gasteiger partial charge on any atom is -0.0646 e. The lowest BCUT2D eigenvalue weighted by atomic mass is 9.71. The topological polar surface area (TPSA) is 0 Å². The number of hydrogen-bond donors (Lipinski definition) is 0. The highest BCUT2D eigenvalue weighted by Gasteiger charge is 2.29. The number of hydrogen-bond acceptors (Lipinski definition) is 0. The van der Waals surface area contributed by atoms with Gasteiger partial charge in [-0.15, -0.1) is 0 Å². The van der Waals surface area contributed by atoms with E-state index in [-0.39, 0.29) is 16.2 Å². The molecule has 2 aromatic carbocycles. The Hall–Kier alpha value is -1.56. The minimum absolute atomic E-state index is 0.109. The highest BCUT2D eigenvalue weighted by atomic mass is 14.3. The molecule has 0 aromatic heterocycles. The van der Waals surface area contributed by atoms with Crippen molar-refractivity contribution in [3.8, 4) is 11.1 Å². The molecule has 0 saturated carbocycles.